The molecule has 1 fully saturated rings. The molecule has 1 rings (SSSR count). The lowest BCUT2D eigenvalue weighted by Gasteiger charge is -2.29. The highest BCUT2D eigenvalue weighted by molar-refractivity contribution is 4.72. The van der Waals surface area contributed by atoms with Crippen molar-refractivity contribution in [1.82, 2.24) is 0 Å². The summed E-state index contributed by atoms with van der Waals surface area (Å²) in [6.07, 6.45) is 10.9. The minimum Gasteiger partial charge on any atom is -0.356 e. The van der Waals surface area contributed by atoms with E-state index in [9.17, 15) is 0 Å². The fourth-order valence-corrected chi connectivity index (χ4v) is 2.92. The van der Waals surface area contributed by atoms with E-state index >= 15 is 0 Å². The molecule has 0 amide bonds. The third-order valence-corrected chi connectivity index (χ3v) is 4.00. The van der Waals surface area contributed by atoms with E-state index in [0.29, 0.717) is 0 Å². The van der Waals surface area contributed by atoms with Gasteiger partial charge in [-0.25, -0.2) is 0 Å². The molecule has 0 aromatic carbocycles. The van der Waals surface area contributed by atoms with Crippen LogP contribution in [0.5, 0.6) is 0 Å². The van der Waals surface area contributed by atoms with Crippen molar-refractivity contribution in [3.8, 4) is 0 Å². The van der Waals surface area contributed by atoms with Crippen molar-refractivity contribution >= 4 is 0 Å². The Balaban J connectivity index is 2.12. The molecule has 96 valence electrons. The van der Waals surface area contributed by atoms with Crippen LogP contribution in [-0.4, -0.2) is 20.5 Å². The van der Waals surface area contributed by atoms with Crippen LogP contribution in [0.15, 0.2) is 0 Å². The van der Waals surface area contributed by atoms with Gasteiger partial charge in [-0.15, -0.1) is 0 Å². The molecule has 0 heterocycles. The highest BCUT2D eigenvalue weighted by Gasteiger charge is 2.21. The fraction of sp³-hybridized carbons (Fsp3) is 1.00. The highest BCUT2D eigenvalue weighted by atomic mass is 16.7. The zero-order chi connectivity index (χ0) is 11.8. The lowest BCUT2D eigenvalue weighted by atomic mass is 9.78. The van der Waals surface area contributed by atoms with E-state index in [1.54, 1.807) is 14.2 Å². The smallest absolute Gasteiger partial charge is 0.156 e. The normalized spacial score (nSPS) is 26.2. The molecule has 1 aliphatic rings. The van der Waals surface area contributed by atoms with Crippen molar-refractivity contribution in [3.63, 3.8) is 0 Å². The molecule has 1 aliphatic carbocycles. The predicted octanol–water partition coefficient (Wildman–Crippen LogP) is 3.99. The number of hydrogen-bond donors (Lipinski definition) is 0. The minimum atomic E-state index is 0.00775. The molecule has 0 N–H and O–H groups in total. The number of ether oxygens (including phenoxy) is 2. The molecule has 16 heavy (non-hydrogen) atoms. The van der Waals surface area contributed by atoms with Gasteiger partial charge in [0.1, 0.15) is 0 Å². The number of rotatable bonds is 7. The van der Waals surface area contributed by atoms with Gasteiger partial charge in [0.15, 0.2) is 6.29 Å². The van der Waals surface area contributed by atoms with Gasteiger partial charge in [0.25, 0.3) is 0 Å². The van der Waals surface area contributed by atoms with Gasteiger partial charge in [-0.2, -0.15) is 0 Å². The predicted molar refractivity (Wildman–Crippen MR) is 67.4 cm³/mol. The first kappa shape index (κ1) is 14.0. The molecular weight excluding hydrogens is 200 g/mol. The summed E-state index contributed by atoms with van der Waals surface area (Å²) in [6, 6.07) is 0. The van der Waals surface area contributed by atoms with Crippen LogP contribution in [-0.2, 0) is 9.47 Å². The van der Waals surface area contributed by atoms with Crippen LogP contribution in [0.25, 0.3) is 0 Å². The molecule has 2 heteroatoms. The Hall–Kier alpha value is -0.0800. The standard InChI is InChI=1S/C14H28O2/c1-4-5-12-6-8-13(9-7-12)10-11-14(15-2)16-3/h12-14H,4-11H2,1-3H3. The Morgan fingerprint density at radius 2 is 1.44 bits per heavy atom. The van der Waals surface area contributed by atoms with Crippen LogP contribution in [0, 0.1) is 11.8 Å². The van der Waals surface area contributed by atoms with Crippen molar-refractivity contribution in [2.75, 3.05) is 14.2 Å². The molecule has 1 saturated carbocycles. The summed E-state index contributed by atoms with van der Waals surface area (Å²) >= 11 is 0. The van der Waals surface area contributed by atoms with Gasteiger partial charge >= 0.3 is 0 Å². The van der Waals surface area contributed by atoms with E-state index < -0.39 is 0 Å². The second kappa shape index (κ2) is 8.08. The molecule has 0 radical (unpaired) electrons. The first-order valence-electron chi connectivity index (χ1n) is 6.85. The molecule has 0 atom stereocenters. The van der Waals surface area contributed by atoms with Crippen molar-refractivity contribution in [3.05, 3.63) is 0 Å². The van der Waals surface area contributed by atoms with Crippen molar-refractivity contribution in [1.29, 1.82) is 0 Å². The van der Waals surface area contributed by atoms with Crippen molar-refractivity contribution < 1.29 is 9.47 Å². The van der Waals surface area contributed by atoms with Gasteiger partial charge in [-0.05, 0) is 24.7 Å². The monoisotopic (exact) mass is 228 g/mol. The van der Waals surface area contributed by atoms with Gasteiger partial charge < -0.3 is 9.47 Å². The third kappa shape index (κ3) is 4.84. The molecule has 0 aromatic rings. The lowest BCUT2D eigenvalue weighted by Crippen LogP contribution is -2.18. The maximum absolute atomic E-state index is 5.23. The lowest BCUT2D eigenvalue weighted by molar-refractivity contribution is -0.109. The zero-order valence-corrected chi connectivity index (χ0v) is 11.2. The summed E-state index contributed by atoms with van der Waals surface area (Å²) in [4.78, 5) is 0. The molecule has 0 aromatic heterocycles. The molecule has 2 nitrogen and oxygen atoms in total. The molecule has 0 aliphatic heterocycles. The van der Waals surface area contributed by atoms with Gasteiger partial charge in [-0.1, -0.05) is 45.4 Å². The van der Waals surface area contributed by atoms with E-state index in [0.717, 1.165) is 18.3 Å². The summed E-state index contributed by atoms with van der Waals surface area (Å²) in [5.41, 5.74) is 0. The summed E-state index contributed by atoms with van der Waals surface area (Å²) in [5.74, 6) is 1.93. The molecule has 0 saturated heterocycles. The van der Waals surface area contributed by atoms with Crippen molar-refractivity contribution in [2.45, 2.75) is 64.6 Å². The minimum absolute atomic E-state index is 0.00775. The van der Waals surface area contributed by atoms with E-state index in [-0.39, 0.29) is 6.29 Å². The molecule has 0 unspecified atom stereocenters. The summed E-state index contributed by atoms with van der Waals surface area (Å²) in [5, 5.41) is 0. The van der Waals surface area contributed by atoms with Crippen LogP contribution >= 0.6 is 0 Å². The maximum atomic E-state index is 5.23. The van der Waals surface area contributed by atoms with Crippen molar-refractivity contribution in [2.24, 2.45) is 11.8 Å². The largest absolute Gasteiger partial charge is 0.356 e. The first-order chi connectivity index (χ1) is 7.80. The third-order valence-electron chi connectivity index (χ3n) is 4.00. The van der Waals surface area contributed by atoms with E-state index in [4.69, 9.17) is 9.47 Å². The van der Waals surface area contributed by atoms with Gasteiger partial charge in [0.05, 0.1) is 0 Å². The second-order valence-corrected chi connectivity index (χ2v) is 5.15. The quantitative estimate of drug-likeness (QED) is 0.613. The molecule has 0 spiro atoms. The Morgan fingerprint density at radius 1 is 0.938 bits per heavy atom. The average Bonchev–Trinajstić information content (AvgIpc) is 2.33. The maximum Gasteiger partial charge on any atom is 0.156 e. The zero-order valence-electron chi connectivity index (χ0n) is 11.2. The van der Waals surface area contributed by atoms with Crippen LogP contribution in [0.3, 0.4) is 0 Å². The fourth-order valence-electron chi connectivity index (χ4n) is 2.92. The Labute approximate surface area is 101 Å². The van der Waals surface area contributed by atoms with Gasteiger partial charge in [0.2, 0.25) is 0 Å². The van der Waals surface area contributed by atoms with Gasteiger partial charge in [-0.3, -0.25) is 0 Å². The van der Waals surface area contributed by atoms with E-state index in [1.807, 2.05) is 0 Å². The summed E-state index contributed by atoms with van der Waals surface area (Å²) < 4.78 is 10.5. The van der Waals surface area contributed by atoms with Gasteiger partial charge in [0, 0.05) is 14.2 Å². The second-order valence-electron chi connectivity index (χ2n) is 5.15. The van der Waals surface area contributed by atoms with Crippen LogP contribution < -0.4 is 0 Å². The average molecular weight is 228 g/mol. The van der Waals surface area contributed by atoms with E-state index in [1.165, 1.54) is 44.9 Å². The van der Waals surface area contributed by atoms with Crippen LogP contribution in [0.1, 0.15) is 58.3 Å². The Morgan fingerprint density at radius 3 is 1.88 bits per heavy atom. The first-order valence-corrected chi connectivity index (χ1v) is 6.85. The Kier molecular flexibility index (Phi) is 7.06. The number of hydrogen-bond acceptors (Lipinski definition) is 2. The van der Waals surface area contributed by atoms with Crippen LogP contribution in [0.2, 0.25) is 0 Å². The SMILES string of the molecule is CCCC1CCC(CCC(OC)OC)CC1. The topological polar surface area (TPSA) is 18.5 Å². The van der Waals surface area contributed by atoms with E-state index in [2.05, 4.69) is 6.92 Å². The molecule has 0 bridgehead atoms. The summed E-state index contributed by atoms with van der Waals surface area (Å²) in [6.45, 7) is 2.30. The highest BCUT2D eigenvalue weighted by Crippen LogP contribution is 2.34. The molecular formula is C14H28O2. The summed E-state index contributed by atoms with van der Waals surface area (Å²) in [7, 11) is 3.46. The Bertz CT molecular complexity index is 158. The van der Waals surface area contributed by atoms with Crippen LogP contribution in [0.4, 0.5) is 0 Å². The number of methoxy groups -OCH3 is 2.